The lowest BCUT2D eigenvalue weighted by molar-refractivity contribution is -0.270. The number of nitrogens with one attached hydrogen (secondary N) is 1. The zero-order valence-electron chi connectivity index (χ0n) is 36.5. The molecule has 0 radical (unpaired) electrons. The molecule has 3 amide bonds. The van der Waals surface area contributed by atoms with Gasteiger partial charge in [-0.1, -0.05) is 6.07 Å². The molecule has 5 aromatic rings. The third kappa shape index (κ3) is 7.66. The molecule has 2 aromatic heterocycles. The summed E-state index contributed by atoms with van der Waals surface area (Å²) in [5, 5.41) is 22.2. The summed E-state index contributed by atoms with van der Waals surface area (Å²) in [6.45, 7) is 9.04. The van der Waals surface area contributed by atoms with Crippen LogP contribution in [0, 0.1) is 24.5 Å². The number of halogens is 2. The number of phenols is 1. The van der Waals surface area contributed by atoms with Gasteiger partial charge in [0.15, 0.2) is 23.2 Å². The van der Waals surface area contributed by atoms with Crippen LogP contribution in [0.3, 0.4) is 0 Å². The number of benzene rings is 3. The van der Waals surface area contributed by atoms with Crippen molar-refractivity contribution < 1.29 is 33.0 Å². The van der Waals surface area contributed by atoms with Crippen LogP contribution < -0.4 is 30.7 Å². The number of likely N-dealkylation sites (tertiary alicyclic amines) is 1. The molecule has 2 atom stereocenters. The lowest BCUT2D eigenvalue weighted by atomic mass is 9.95. The molecule has 11 rings (SSSR count). The number of nitrogens with two attached hydrogens (primary N) is 1. The first-order valence-electron chi connectivity index (χ1n) is 22.9. The Kier molecular flexibility index (Phi) is 10.5. The van der Waals surface area contributed by atoms with Crippen LogP contribution in [0.15, 0.2) is 66.9 Å². The van der Waals surface area contributed by atoms with E-state index in [1.54, 1.807) is 23.1 Å². The van der Waals surface area contributed by atoms with Gasteiger partial charge in [-0.05, 0) is 98.7 Å². The largest absolute Gasteiger partial charge is 0.504 e. The molecule has 340 valence electrons. The van der Waals surface area contributed by atoms with Crippen molar-refractivity contribution in [1.29, 1.82) is 0 Å². The maximum Gasteiger partial charge on any atom is 0.328 e. The highest BCUT2D eigenvalue weighted by atomic mass is 19.1. The number of rotatable bonds is 8. The molecule has 2 unspecified atom stereocenters. The maximum atomic E-state index is 15.6. The van der Waals surface area contributed by atoms with E-state index >= 15 is 4.39 Å². The number of imide groups is 1. The number of aromatic nitrogens is 3. The van der Waals surface area contributed by atoms with E-state index in [9.17, 15) is 19.1 Å². The second-order valence-corrected chi connectivity index (χ2v) is 18.7. The van der Waals surface area contributed by atoms with Gasteiger partial charge >= 0.3 is 6.03 Å². The molecular formula is C48H54F2N10O5. The summed E-state index contributed by atoms with van der Waals surface area (Å²) >= 11 is 0. The van der Waals surface area contributed by atoms with Crippen LogP contribution in [0.25, 0.3) is 22.2 Å². The average Bonchev–Trinajstić information content (AvgIpc) is 3.94. The standard InChI is InChI=1S/C48H54F2N10O5/c1-29-22-59(41-10-8-31(19-37(29)41)58-17-13-44(61)52-47(58)63)35-26-64-48(65-27-35)14-18-55(28-48)23-30-11-15-56(16-12-30)42-20-32(7-9-38(42)49)60-33-5-6-34(60)25-57(24-33)43-21-40(53-54-46(43)51)36-3-2-4-39(50)45(36)62/h2-4,7-10,19-22,30,33-35,62H,5-6,11-18,23-28H2,1H3,(H2,51,54)(H,52,61,63). The fourth-order valence-electron chi connectivity index (χ4n) is 11.3. The number of carbonyl (C=O) groups is 2. The van der Waals surface area contributed by atoms with Gasteiger partial charge in [0.2, 0.25) is 5.91 Å². The highest BCUT2D eigenvalue weighted by Gasteiger charge is 2.45. The van der Waals surface area contributed by atoms with Crippen molar-refractivity contribution in [2.45, 2.75) is 69.4 Å². The minimum absolute atomic E-state index is 0.0133. The molecule has 65 heavy (non-hydrogen) atoms. The maximum absolute atomic E-state index is 15.6. The van der Waals surface area contributed by atoms with Gasteiger partial charge in [-0.2, -0.15) is 0 Å². The number of phenolic OH excluding ortho intramolecular Hbond substituents is 1. The summed E-state index contributed by atoms with van der Waals surface area (Å²) in [6.07, 6.45) is 7.15. The van der Waals surface area contributed by atoms with Gasteiger partial charge in [0.1, 0.15) is 5.82 Å². The Labute approximate surface area is 375 Å². The number of urea groups is 1. The molecule has 6 aliphatic rings. The number of nitrogens with zero attached hydrogens (tertiary/aromatic N) is 8. The second-order valence-electron chi connectivity index (χ2n) is 18.7. The van der Waals surface area contributed by atoms with Crippen molar-refractivity contribution in [2.75, 3.05) is 90.9 Å². The molecule has 4 N–H and O–H groups in total. The van der Waals surface area contributed by atoms with Crippen molar-refractivity contribution in [1.82, 2.24) is 25.0 Å². The van der Waals surface area contributed by atoms with Crippen molar-refractivity contribution in [3.8, 4) is 17.0 Å². The Hall–Kier alpha value is -6.04. The summed E-state index contributed by atoms with van der Waals surface area (Å²) < 4.78 is 45.2. The average molecular weight is 889 g/mol. The first kappa shape index (κ1) is 41.7. The Bertz CT molecular complexity index is 2650. The molecule has 15 nitrogen and oxygen atoms in total. The predicted octanol–water partition coefficient (Wildman–Crippen LogP) is 6.18. The molecule has 6 fully saturated rings. The number of aromatic hydroxyl groups is 1. The van der Waals surface area contributed by atoms with E-state index in [2.05, 4.69) is 52.8 Å². The summed E-state index contributed by atoms with van der Waals surface area (Å²) in [5.41, 5.74) is 12.3. The van der Waals surface area contributed by atoms with Crippen LogP contribution in [0.4, 0.5) is 42.1 Å². The van der Waals surface area contributed by atoms with Crippen LogP contribution in [-0.4, -0.2) is 120 Å². The van der Waals surface area contributed by atoms with E-state index in [1.807, 2.05) is 30.3 Å². The highest BCUT2D eigenvalue weighted by molar-refractivity contribution is 6.06. The molecule has 2 bridgehead atoms. The third-order valence-electron chi connectivity index (χ3n) is 14.7. The first-order valence-corrected chi connectivity index (χ1v) is 22.9. The van der Waals surface area contributed by atoms with Crippen molar-refractivity contribution in [2.24, 2.45) is 5.92 Å². The molecule has 6 aliphatic heterocycles. The Balaban J connectivity index is 0.686. The number of para-hydroxylation sites is 1. The molecule has 1 spiro atoms. The SMILES string of the molecule is Cc1cn(C2COC3(CCN(CC4CCN(c5cc(N6C7CCC6CN(c6cc(-c8cccc(F)c8O)nnc6N)C7)ccc5F)CC4)C3)OC2)c2ccc(N3CCC(=O)NC3=O)cc12. The van der Waals surface area contributed by atoms with E-state index < -0.39 is 23.4 Å². The zero-order chi connectivity index (χ0) is 44.6. The number of hydrogen-bond acceptors (Lipinski definition) is 12. The predicted molar refractivity (Wildman–Crippen MR) is 243 cm³/mol. The number of ether oxygens (including phenoxy) is 2. The number of aryl methyl sites for hydroxylation is 1. The zero-order valence-corrected chi connectivity index (χ0v) is 36.5. The number of fused-ring (bicyclic) bond motifs is 3. The van der Waals surface area contributed by atoms with Crippen LogP contribution >= 0.6 is 0 Å². The molecule has 8 heterocycles. The fourth-order valence-corrected chi connectivity index (χ4v) is 11.3. The van der Waals surface area contributed by atoms with Gasteiger partial charge in [0, 0.05) is 105 Å². The Morgan fingerprint density at radius 1 is 0.846 bits per heavy atom. The van der Waals surface area contributed by atoms with Crippen molar-refractivity contribution in [3.63, 3.8) is 0 Å². The summed E-state index contributed by atoms with van der Waals surface area (Å²) in [4.78, 5) is 35.1. The quantitative estimate of drug-likeness (QED) is 0.163. The summed E-state index contributed by atoms with van der Waals surface area (Å²) in [7, 11) is 0. The van der Waals surface area contributed by atoms with Gasteiger partial charge in [-0.3, -0.25) is 19.9 Å². The third-order valence-corrected chi connectivity index (χ3v) is 14.7. The molecule has 17 heteroatoms. The van der Waals surface area contributed by atoms with Gasteiger partial charge < -0.3 is 39.6 Å². The number of piperazine rings is 1. The number of hydrogen-bond donors (Lipinski definition) is 3. The van der Waals surface area contributed by atoms with Gasteiger partial charge in [0.05, 0.1) is 42.9 Å². The number of carbonyl (C=O) groups excluding carboxylic acids is 2. The Morgan fingerprint density at radius 2 is 1.62 bits per heavy atom. The minimum atomic E-state index is -0.723. The van der Waals surface area contributed by atoms with Crippen LogP contribution in [0.1, 0.15) is 50.1 Å². The van der Waals surface area contributed by atoms with E-state index in [1.165, 1.54) is 12.1 Å². The van der Waals surface area contributed by atoms with Gasteiger partial charge in [-0.25, -0.2) is 13.6 Å². The number of anilines is 5. The summed E-state index contributed by atoms with van der Waals surface area (Å²) in [5.74, 6) is -1.49. The molecular weight excluding hydrogens is 835 g/mol. The minimum Gasteiger partial charge on any atom is -0.504 e. The number of amides is 3. The number of nitrogen functional groups attached to an aromatic ring is 1. The second kappa shape index (κ2) is 16.4. The van der Waals surface area contributed by atoms with Crippen LogP contribution in [-0.2, 0) is 14.3 Å². The van der Waals surface area contributed by atoms with E-state index in [-0.39, 0.29) is 47.7 Å². The lowest BCUT2D eigenvalue weighted by Crippen LogP contribution is -2.54. The van der Waals surface area contributed by atoms with E-state index in [4.69, 9.17) is 15.2 Å². The van der Waals surface area contributed by atoms with Crippen molar-refractivity contribution in [3.05, 3.63) is 84.1 Å². The first-order chi connectivity index (χ1) is 31.5. The summed E-state index contributed by atoms with van der Waals surface area (Å²) in [6, 6.07) is 17.6. The lowest BCUT2D eigenvalue weighted by Gasteiger charge is -2.44. The van der Waals surface area contributed by atoms with Crippen LogP contribution in [0.2, 0.25) is 0 Å². The number of piperidine rings is 1. The van der Waals surface area contributed by atoms with Crippen molar-refractivity contribution >= 4 is 51.4 Å². The van der Waals surface area contributed by atoms with E-state index in [0.717, 1.165) is 92.7 Å². The normalized spacial score (nSPS) is 25.4. The molecule has 3 aromatic carbocycles. The molecule has 0 aliphatic carbocycles. The van der Waals surface area contributed by atoms with Gasteiger partial charge in [0.25, 0.3) is 0 Å². The topological polar surface area (TPSA) is 158 Å². The van der Waals surface area contributed by atoms with E-state index in [0.29, 0.717) is 55.8 Å². The molecule has 6 saturated heterocycles. The van der Waals surface area contributed by atoms with Crippen LogP contribution in [0.5, 0.6) is 5.75 Å². The molecule has 0 saturated carbocycles. The monoisotopic (exact) mass is 888 g/mol. The van der Waals surface area contributed by atoms with Gasteiger partial charge in [-0.15, -0.1) is 10.2 Å². The Morgan fingerprint density at radius 3 is 2.38 bits per heavy atom. The highest BCUT2D eigenvalue weighted by Crippen LogP contribution is 2.42. The fraction of sp³-hybridized carbons (Fsp3) is 0.458. The smallest absolute Gasteiger partial charge is 0.328 e.